The first kappa shape index (κ1) is 24.6. The van der Waals surface area contributed by atoms with Gasteiger partial charge in [0.1, 0.15) is 0 Å². The Morgan fingerprint density at radius 2 is 1.77 bits per heavy atom. The van der Waals surface area contributed by atoms with Gasteiger partial charge in [0.25, 0.3) is 11.7 Å². The summed E-state index contributed by atoms with van der Waals surface area (Å²) in [5, 5.41) is 0. The van der Waals surface area contributed by atoms with E-state index in [1.165, 1.54) is 19.3 Å². The van der Waals surface area contributed by atoms with Gasteiger partial charge in [-0.1, -0.05) is 25.0 Å². The third kappa shape index (κ3) is 4.16. The molecular weight excluding hydrogens is 506 g/mol. The van der Waals surface area contributed by atoms with Crippen LogP contribution in [0.2, 0.25) is 0 Å². The SMILES string of the molecule is CCC1CCC(C2(C)Oc3c(C)c4c(c(Br)c3O2)CCN(CC2=C(C)C=C(C)CC2=O)C4=O)CC1. The predicted molar refractivity (Wildman–Crippen MR) is 140 cm³/mol. The van der Waals surface area contributed by atoms with E-state index in [0.717, 1.165) is 56.8 Å². The quantitative estimate of drug-likeness (QED) is 0.425. The number of hydrogen-bond acceptors (Lipinski definition) is 4. The molecular formula is C29H36BrNO4. The Labute approximate surface area is 217 Å². The van der Waals surface area contributed by atoms with E-state index in [4.69, 9.17) is 9.47 Å². The molecule has 5 nitrogen and oxygen atoms in total. The first-order valence-corrected chi connectivity index (χ1v) is 13.8. The molecule has 2 aliphatic carbocycles. The monoisotopic (exact) mass is 541 g/mol. The summed E-state index contributed by atoms with van der Waals surface area (Å²) in [5.41, 5.74) is 5.31. The molecule has 5 rings (SSSR count). The van der Waals surface area contributed by atoms with Crippen LogP contribution in [0.5, 0.6) is 11.5 Å². The number of rotatable bonds is 4. The molecule has 0 saturated heterocycles. The highest BCUT2D eigenvalue weighted by molar-refractivity contribution is 9.10. The maximum atomic E-state index is 13.7. The average molecular weight is 543 g/mol. The van der Waals surface area contributed by atoms with Crippen LogP contribution in [0.4, 0.5) is 0 Å². The second-order valence-corrected chi connectivity index (χ2v) is 11.8. The van der Waals surface area contributed by atoms with Crippen molar-refractivity contribution >= 4 is 27.6 Å². The van der Waals surface area contributed by atoms with Crippen molar-refractivity contribution in [1.29, 1.82) is 0 Å². The highest BCUT2D eigenvalue weighted by atomic mass is 79.9. The summed E-state index contributed by atoms with van der Waals surface area (Å²) in [4.78, 5) is 28.2. The van der Waals surface area contributed by atoms with Gasteiger partial charge < -0.3 is 14.4 Å². The van der Waals surface area contributed by atoms with Crippen molar-refractivity contribution in [3.8, 4) is 11.5 Å². The molecule has 4 aliphatic rings. The Hall–Kier alpha value is -2.08. The van der Waals surface area contributed by atoms with E-state index in [-0.39, 0.29) is 11.7 Å². The predicted octanol–water partition coefficient (Wildman–Crippen LogP) is 6.70. The van der Waals surface area contributed by atoms with Crippen LogP contribution in [0.3, 0.4) is 0 Å². The van der Waals surface area contributed by atoms with E-state index in [0.29, 0.717) is 43.2 Å². The molecule has 2 heterocycles. The minimum Gasteiger partial charge on any atom is -0.448 e. The van der Waals surface area contributed by atoms with Crippen molar-refractivity contribution in [2.45, 2.75) is 85.4 Å². The molecule has 2 aliphatic heterocycles. The second-order valence-electron chi connectivity index (χ2n) is 11.0. The molecule has 1 aromatic carbocycles. The summed E-state index contributed by atoms with van der Waals surface area (Å²) >= 11 is 3.77. The van der Waals surface area contributed by atoms with Crippen molar-refractivity contribution in [2.24, 2.45) is 11.8 Å². The summed E-state index contributed by atoms with van der Waals surface area (Å²) in [6.45, 7) is 11.2. The van der Waals surface area contributed by atoms with Gasteiger partial charge >= 0.3 is 0 Å². The Morgan fingerprint density at radius 3 is 2.43 bits per heavy atom. The van der Waals surface area contributed by atoms with Gasteiger partial charge in [-0.05, 0) is 85.9 Å². The highest BCUT2D eigenvalue weighted by Gasteiger charge is 2.48. The normalized spacial score (nSPS) is 28.4. The molecule has 1 atom stereocenters. The lowest BCUT2D eigenvalue weighted by Gasteiger charge is -2.37. The fraction of sp³-hybridized carbons (Fsp3) is 0.586. The molecule has 1 unspecified atom stereocenters. The standard InChI is InChI=1S/C29H36BrNO4/c1-6-19-7-9-20(10-8-19)29(5)34-26-18(4)24-21(25(30)27(26)35-29)11-12-31(28(24)33)15-22-17(3)13-16(2)14-23(22)32/h13,19-20H,6-12,14-15H2,1-5H3. The van der Waals surface area contributed by atoms with Crippen molar-refractivity contribution in [1.82, 2.24) is 4.90 Å². The molecule has 1 amide bonds. The number of carbonyl (C=O) groups excluding carboxylic acids is 2. The molecule has 0 radical (unpaired) electrons. The lowest BCUT2D eigenvalue weighted by molar-refractivity contribution is -0.123. The number of carbonyl (C=O) groups is 2. The summed E-state index contributed by atoms with van der Waals surface area (Å²) in [6, 6.07) is 0. The third-order valence-corrected chi connectivity index (χ3v) is 9.50. The van der Waals surface area contributed by atoms with Crippen molar-refractivity contribution in [3.63, 3.8) is 0 Å². The van der Waals surface area contributed by atoms with E-state index in [9.17, 15) is 9.59 Å². The third-order valence-electron chi connectivity index (χ3n) is 8.66. The Balaban J connectivity index is 1.43. The van der Waals surface area contributed by atoms with E-state index in [2.05, 4.69) is 35.9 Å². The van der Waals surface area contributed by atoms with Gasteiger partial charge in [0.05, 0.1) is 10.0 Å². The lowest BCUT2D eigenvalue weighted by atomic mass is 9.77. The van der Waals surface area contributed by atoms with Gasteiger partial charge in [0.2, 0.25) is 0 Å². The molecule has 1 saturated carbocycles. The van der Waals surface area contributed by atoms with Crippen molar-refractivity contribution in [3.05, 3.63) is 44.0 Å². The molecule has 1 fully saturated rings. The number of nitrogens with zero attached hydrogens (tertiary/aromatic N) is 1. The lowest BCUT2D eigenvalue weighted by Crippen LogP contribution is -2.44. The smallest absolute Gasteiger partial charge is 0.254 e. The number of allylic oxidation sites excluding steroid dienone is 3. The molecule has 0 bridgehead atoms. The van der Waals surface area contributed by atoms with Crippen LogP contribution in [0.25, 0.3) is 0 Å². The van der Waals surface area contributed by atoms with Crippen LogP contribution in [0.15, 0.2) is 27.3 Å². The number of fused-ring (bicyclic) bond motifs is 2. The summed E-state index contributed by atoms with van der Waals surface area (Å²) in [6.07, 6.45) is 9.08. The fourth-order valence-electron chi connectivity index (χ4n) is 6.43. The number of hydrogen-bond donors (Lipinski definition) is 0. The van der Waals surface area contributed by atoms with E-state index in [1.54, 1.807) is 0 Å². The average Bonchev–Trinajstić information content (AvgIpc) is 3.20. The molecule has 35 heavy (non-hydrogen) atoms. The van der Waals surface area contributed by atoms with Gasteiger partial charge in [-0.3, -0.25) is 9.59 Å². The maximum Gasteiger partial charge on any atom is 0.254 e. The minimum atomic E-state index is -0.707. The van der Waals surface area contributed by atoms with E-state index >= 15 is 0 Å². The Bertz CT molecular complexity index is 1160. The van der Waals surface area contributed by atoms with Gasteiger partial charge in [0, 0.05) is 43.5 Å². The highest BCUT2D eigenvalue weighted by Crippen LogP contribution is 2.54. The maximum absolute atomic E-state index is 13.7. The topological polar surface area (TPSA) is 55.8 Å². The zero-order chi connectivity index (χ0) is 25.1. The summed E-state index contributed by atoms with van der Waals surface area (Å²) in [7, 11) is 0. The summed E-state index contributed by atoms with van der Waals surface area (Å²) in [5.74, 6) is 1.94. The van der Waals surface area contributed by atoms with Gasteiger partial charge in [-0.25, -0.2) is 0 Å². The van der Waals surface area contributed by atoms with Gasteiger partial charge in [-0.15, -0.1) is 0 Å². The number of ketones is 1. The van der Waals surface area contributed by atoms with Gasteiger partial charge in [0.15, 0.2) is 17.3 Å². The van der Waals surface area contributed by atoms with Crippen LogP contribution in [0.1, 0.15) is 87.7 Å². The summed E-state index contributed by atoms with van der Waals surface area (Å²) < 4.78 is 14.0. The van der Waals surface area contributed by atoms with Crippen molar-refractivity contribution < 1.29 is 19.1 Å². The molecule has 0 N–H and O–H groups in total. The molecule has 0 spiro atoms. The molecule has 188 valence electrons. The number of halogens is 1. The molecule has 6 heteroatoms. The number of Topliss-reactive ketones (excluding diaryl/α,β-unsaturated/α-hetero) is 1. The van der Waals surface area contributed by atoms with E-state index < -0.39 is 5.79 Å². The van der Waals surface area contributed by atoms with Crippen LogP contribution >= 0.6 is 15.9 Å². The minimum absolute atomic E-state index is 0.0349. The van der Waals surface area contributed by atoms with Crippen LogP contribution < -0.4 is 9.47 Å². The van der Waals surface area contributed by atoms with Crippen LogP contribution in [0, 0.1) is 18.8 Å². The first-order valence-electron chi connectivity index (χ1n) is 13.0. The largest absolute Gasteiger partial charge is 0.448 e. The zero-order valence-electron chi connectivity index (χ0n) is 21.6. The Morgan fingerprint density at radius 1 is 1.09 bits per heavy atom. The number of amides is 1. The number of ether oxygens (including phenoxy) is 2. The molecule has 0 aromatic heterocycles. The van der Waals surface area contributed by atoms with Gasteiger partial charge in [-0.2, -0.15) is 0 Å². The number of benzene rings is 1. The second kappa shape index (κ2) is 9.10. The van der Waals surface area contributed by atoms with Crippen LogP contribution in [-0.2, 0) is 11.2 Å². The zero-order valence-corrected chi connectivity index (χ0v) is 23.1. The van der Waals surface area contributed by atoms with E-state index in [1.807, 2.05) is 25.7 Å². The van der Waals surface area contributed by atoms with Crippen LogP contribution in [-0.4, -0.2) is 35.5 Å². The fourth-order valence-corrected chi connectivity index (χ4v) is 7.09. The Kier molecular flexibility index (Phi) is 6.40. The first-order chi connectivity index (χ1) is 16.6. The molecule has 1 aromatic rings. The van der Waals surface area contributed by atoms with Crippen molar-refractivity contribution in [2.75, 3.05) is 13.1 Å².